The van der Waals surface area contributed by atoms with Crippen molar-refractivity contribution in [3.05, 3.63) is 24.3 Å². The zero-order valence-corrected chi connectivity index (χ0v) is 12.1. The second kappa shape index (κ2) is 5.76. The van der Waals surface area contributed by atoms with E-state index >= 15 is 0 Å². The van der Waals surface area contributed by atoms with Gasteiger partial charge in [0.1, 0.15) is 0 Å². The van der Waals surface area contributed by atoms with Crippen LogP contribution < -0.4 is 10.6 Å². The summed E-state index contributed by atoms with van der Waals surface area (Å²) in [5.41, 5.74) is 6.33. The molecule has 1 aliphatic rings. The minimum Gasteiger partial charge on any atom is -0.369 e. The molecule has 2 aromatic rings. The topological polar surface area (TPSA) is 62.5 Å². The molecule has 0 radical (unpaired) electrons. The Labute approximate surface area is 122 Å². The van der Waals surface area contributed by atoms with E-state index in [0.29, 0.717) is 6.54 Å². The van der Waals surface area contributed by atoms with Crippen molar-refractivity contribution in [1.29, 1.82) is 0 Å². The van der Waals surface area contributed by atoms with Crippen molar-refractivity contribution >= 4 is 32.6 Å². The molecule has 0 spiro atoms. The van der Waals surface area contributed by atoms with E-state index in [9.17, 15) is 4.79 Å². The molecule has 1 saturated heterocycles. The first kappa shape index (κ1) is 13.3. The molecule has 0 atom stereocenters. The molecule has 3 rings (SSSR count). The van der Waals surface area contributed by atoms with Crippen LogP contribution in [0.4, 0.5) is 5.13 Å². The van der Waals surface area contributed by atoms with E-state index in [4.69, 9.17) is 10.7 Å². The van der Waals surface area contributed by atoms with Gasteiger partial charge in [-0.15, -0.1) is 0 Å². The Bertz CT molecular complexity index is 579. The van der Waals surface area contributed by atoms with E-state index in [1.54, 1.807) is 11.3 Å². The summed E-state index contributed by atoms with van der Waals surface area (Å²) in [5.74, 6) is -0.251. The molecular formula is C14H18N4OS. The molecule has 0 unspecified atom stereocenters. The Morgan fingerprint density at radius 1 is 1.25 bits per heavy atom. The van der Waals surface area contributed by atoms with E-state index < -0.39 is 0 Å². The first-order valence-corrected chi connectivity index (χ1v) is 7.65. The summed E-state index contributed by atoms with van der Waals surface area (Å²) in [5, 5.41) is 1.08. The third-order valence-electron chi connectivity index (χ3n) is 3.52. The van der Waals surface area contributed by atoms with Crippen LogP contribution in [-0.4, -0.2) is 48.5 Å². The number of carbonyl (C=O) groups excluding carboxylic acids is 1. The number of para-hydroxylation sites is 1. The van der Waals surface area contributed by atoms with Crippen LogP contribution >= 0.6 is 11.3 Å². The van der Waals surface area contributed by atoms with Gasteiger partial charge in [0.05, 0.1) is 16.8 Å². The normalized spacial score (nSPS) is 17.3. The van der Waals surface area contributed by atoms with Gasteiger partial charge in [0, 0.05) is 26.2 Å². The van der Waals surface area contributed by atoms with Gasteiger partial charge in [-0.25, -0.2) is 4.98 Å². The molecule has 20 heavy (non-hydrogen) atoms. The number of primary amides is 1. The first-order valence-electron chi connectivity index (χ1n) is 6.83. The maximum absolute atomic E-state index is 11.0. The van der Waals surface area contributed by atoms with Crippen LogP contribution in [-0.2, 0) is 4.79 Å². The number of carbonyl (C=O) groups is 1. The molecule has 2 heterocycles. The number of rotatable bonds is 3. The molecule has 2 N–H and O–H groups in total. The number of hydrogen-bond donors (Lipinski definition) is 1. The fraction of sp³-hybridized carbons (Fsp3) is 0.429. The van der Waals surface area contributed by atoms with Gasteiger partial charge < -0.3 is 10.6 Å². The van der Waals surface area contributed by atoms with Crippen molar-refractivity contribution in [2.45, 2.75) is 6.42 Å². The van der Waals surface area contributed by atoms with Crippen LogP contribution in [0.5, 0.6) is 0 Å². The third-order valence-corrected chi connectivity index (χ3v) is 4.62. The number of nitrogens with zero attached hydrogens (tertiary/aromatic N) is 3. The number of nitrogens with two attached hydrogens (primary N) is 1. The molecule has 0 bridgehead atoms. The first-order chi connectivity index (χ1) is 9.72. The molecule has 0 saturated carbocycles. The predicted molar refractivity (Wildman–Crippen MR) is 82.1 cm³/mol. The molecule has 1 aliphatic heterocycles. The summed E-state index contributed by atoms with van der Waals surface area (Å²) >= 11 is 1.73. The number of anilines is 1. The number of hydrogen-bond acceptors (Lipinski definition) is 5. The van der Waals surface area contributed by atoms with Gasteiger partial charge in [-0.2, -0.15) is 0 Å². The predicted octanol–water partition coefficient (Wildman–Crippen LogP) is 1.29. The number of fused-ring (bicyclic) bond motifs is 1. The highest BCUT2D eigenvalue weighted by Crippen LogP contribution is 2.29. The Morgan fingerprint density at radius 2 is 2.10 bits per heavy atom. The van der Waals surface area contributed by atoms with Crippen molar-refractivity contribution in [2.24, 2.45) is 5.73 Å². The average molecular weight is 290 g/mol. The summed E-state index contributed by atoms with van der Waals surface area (Å²) in [6.45, 7) is 4.01. The molecule has 1 fully saturated rings. The quantitative estimate of drug-likeness (QED) is 0.925. The van der Waals surface area contributed by atoms with Crippen LogP contribution in [0.15, 0.2) is 24.3 Å². The fourth-order valence-electron chi connectivity index (χ4n) is 2.54. The van der Waals surface area contributed by atoms with E-state index in [1.165, 1.54) is 4.70 Å². The van der Waals surface area contributed by atoms with Crippen LogP contribution in [0.2, 0.25) is 0 Å². The smallest absolute Gasteiger partial charge is 0.231 e. The van der Waals surface area contributed by atoms with Crippen molar-refractivity contribution < 1.29 is 4.79 Å². The molecular weight excluding hydrogens is 272 g/mol. The van der Waals surface area contributed by atoms with E-state index in [-0.39, 0.29) is 5.91 Å². The van der Waals surface area contributed by atoms with Crippen molar-refractivity contribution in [2.75, 3.05) is 37.6 Å². The lowest BCUT2D eigenvalue weighted by molar-refractivity contribution is -0.119. The van der Waals surface area contributed by atoms with Gasteiger partial charge in [-0.1, -0.05) is 23.5 Å². The number of aromatic nitrogens is 1. The third kappa shape index (κ3) is 2.91. The highest BCUT2D eigenvalue weighted by Gasteiger charge is 2.18. The van der Waals surface area contributed by atoms with Crippen LogP contribution in [0.3, 0.4) is 0 Å². The SMILES string of the molecule is NC(=O)CN1CCCN(c2nc3ccccc3s2)CC1. The summed E-state index contributed by atoms with van der Waals surface area (Å²) in [6, 6.07) is 8.21. The van der Waals surface area contributed by atoms with Gasteiger partial charge in [0.25, 0.3) is 0 Å². The minimum absolute atomic E-state index is 0.251. The lowest BCUT2D eigenvalue weighted by Crippen LogP contribution is -2.36. The average Bonchev–Trinajstić information content (AvgIpc) is 2.72. The van der Waals surface area contributed by atoms with Gasteiger partial charge in [-0.3, -0.25) is 9.69 Å². The summed E-state index contributed by atoms with van der Waals surface area (Å²) < 4.78 is 1.22. The molecule has 106 valence electrons. The summed E-state index contributed by atoms with van der Waals surface area (Å²) in [7, 11) is 0. The Morgan fingerprint density at radius 3 is 2.90 bits per heavy atom. The highest BCUT2D eigenvalue weighted by molar-refractivity contribution is 7.22. The van der Waals surface area contributed by atoms with Gasteiger partial charge in [-0.05, 0) is 18.6 Å². The van der Waals surface area contributed by atoms with Gasteiger partial charge in [0.15, 0.2) is 5.13 Å². The number of thiazole rings is 1. The molecule has 1 aromatic heterocycles. The van der Waals surface area contributed by atoms with Gasteiger partial charge >= 0.3 is 0 Å². The van der Waals surface area contributed by atoms with Crippen molar-refractivity contribution in [1.82, 2.24) is 9.88 Å². The standard InChI is InChI=1S/C14H18N4OS/c15-13(19)10-17-6-3-7-18(9-8-17)14-16-11-4-1-2-5-12(11)20-14/h1-2,4-5H,3,6-10H2,(H2,15,19). The molecule has 6 heteroatoms. The van der Waals surface area contributed by atoms with Crippen LogP contribution in [0, 0.1) is 0 Å². The molecule has 1 aromatic carbocycles. The summed E-state index contributed by atoms with van der Waals surface area (Å²) in [4.78, 5) is 20.1. The minimum atomic E-state index is -0.251. The maximum Gasteiger partial charge on any atom is 0.231 e. The highest BCUT2D eigenvalue weighted by atomic mass is 32.1. The Hall–Kier alpha value is -1.66. The van der Waals surface area contributed by atoms with Crippen molar-refractivity contribution in [3.63, 3.8) is 0 Å². The van der Waals surface area contributed by atoms with E-state index in [0.717, 1.165) is 43.2 Å². The fourth-order valence-corrected chi connectivity index (χ4v) is 3.55. The summed E-state index contributed by atoms with van der Waals surface area (Å²) in [6.07, 6.45) is 1.03. The zero-order valence-electron chi connectivity index (χ0n) is 11.3. The number of amides is 1. The largest absolute Gasteiger partial charge is 0.369 e. The van der Waals surface area contributed by atoms with Crippen molar-refractivity contribution in [3.8, 4) is 0 Å². The Balaban J connectivity index is 1.72. The second-order valence-corrected chi connectivity index (χ2v) is 6.06. The molecule has 0 aliphatic carbocycles. The Kier molecular flexibility index (Phi) is 3.84. The van der Waals surface area contributed by atoms with E-state index in [1.807, 2.05) is 18.2 Å². The number of benzene rings is 1. The molecule has 1 amide bonds. The van der Waals surface area contributed by atoms with Crippen LogP contribution in [0.25, 0.3) is 10.2 Å². The zero-order chi connectivity index (χ0) is 13.9. The lowest BCUT2D eigenvalue weighted by Gasteiger charge is -2.20. The van der Waals surface area contributed by atoms with Gasteiger partial charge in [0.2, 0.25) is 5.91 Å². The van der Waals surface area contributed by atoms with E-state index in [2.05, 4.69) is 15.9 Å². The molecule has 5 nitrogen and oxygen atoms in total. The second-order valence-electron chi connectivity index (χ2n) is 5.05. The monoisotopic (exact) mass is 290 g/mol. The lowest BCUT2D eigenvalue weighted by atomic mass is 10.3. The maximum atomic E-state index is 11.0. The van der Waals surface area contributed by atoms with Crippen LogP contribution in [0.1, 0.15) is 6.42 Å².